The van der Waals surface area contributed by atoms with E-state index in [4.69, 9.17) is 5.11 Å². The van der Waals surface area contributed by atoms with Crippen LogP contribution in [0.1, 0.15) is 20.3 Å². The summed E-state index contributed by atoms with van der Waals surface area (Å²) in [5.74, 6) is 0. The van der Waals surface area contributed by atoms with Gasteiger partial charge in [-0.15, -0.1) is 0 Å². The number of aliphatic hydroxyl groups excluding tert-OH is 1. The molecule has 2 heteroatoms. The lowest BCUT2D eigenvalue weighted by molar-refractivity contribution is 0.277. The zero-order valence-corrected chi connectivity index (χ0v) is 6.30. The van der Waals surface area contributed by atoms with Crippen molar-refractivity contribution in [2.75, 3.05) is 19.6 Å². The lowest BCUT2D eigenvalue weighted by Crippen LogP contribution is -2.23. The van der Waals surface area contributed by atoms with Gasteiger partial charge in [-0.1, -0.05) is 13.8 Å². The normalized spacial score (nSPS) is 10.7. The fourth-order valence-corrected chi connectivity index (χ4v) is 0.780. The van der Waals surface area contributed by atoms with E-state index >= 15 is 0 Å². The second-order valence-corrected chi connectivity index (χ2v) is 2.00. The second kappa shape index (κ2) is 6.05. The third-order valence-corrected chi connectivity index (χ3v) is 1.47. The van der Waals surface area contributed by atoms with Crippen LogP contribution in [-0.2, 0) is 0 Å². The first-order chi connectivity index (χ1) is 4.35. The SMILES string of the molecule is CCN(CC)CC[CH]O. The first-order valence-corrected chi connectivity index (χ1v) is 3.53. The maximum absolute atomic E-state index is 8.35. The average molecular weight is 130 g/mol. The van der Waals surface area contributed by atoms with Crippen molar-refractivity contribution in [3.8, 4) is 0 Å². The van der Waals surface area contributed by atoms with E-state index in [9.17, 15) is 0 Å². The molecule has 0 aliphatic rings. The van der Waals surface area contributed by atoms with Crippen molar-refractivity contribution < 1.29 is 5.11 Å². The molecule has 0 saturated carbocycles. The van der Waals surface area contributed by atoms with Crippen LogP contribution in [0, 0.1) is 6.61 Å². The Balaban J connectivity index is 3.09. The van der Waals surface area contributed by atoms with E-state index in [1.807, 2.05) is 0 Å². The van der Waals surface area contributed by atoms with E-state index in [1.165, 1.54) is 6.61 Å². The molecule has 0 aliphatic carbocycles. The van der Waals surface area contributed by atoms with Crippen LogP contribution in [0.3, 0.4) is 0 Å². The predicted octanol–water partition coefficient (Wildman–Crippen LogP) is 1.25. The Kier molecular flexibility index (Phi) is 5.99. The number of nitrogens with zero attached hydrogens (tertiary/aromatic N) is 1. The average Bonchev–Trinajstić information content (AvgIpc) is 1.91. The van der Waals surface area contributed by atoms with E-state index in [0.29, 0.717) is 0 Å². The smallest absolute Gasteiger partial charge is 0.0811 e. The van der Waals surface area contributed by atoms with Crippen molar-refractivity contribution in [3.63, 3.8) is 0 Å². The van der Waals surface area contributed by atoms with E-state index in [0.717, 1.165) is 26.1 Å². The van der Waals surface area contributed by atoms with Crippen molar-refractivity contribution in [1.82, 2.24) is 4.90 Å². The van der Waals surface area contributed by atoms with Gasteiger partial charge in [-0.2, -0.15) is 0 Å². The summed E-state index contributed by atoms with van der Waals surface area (Å²) in [6, 6.07) is 0. The Morgan fingerprint density at radius 1 is 1.33 bits per heavy atom. The predicted molar refractivity (Wildman–Crippen MR) is 38.6 cm³/mol. The maximum Gasteiger partial charge on any atom is 0.0811 e. The Bertz CT molecular complexity index is 52.9. The minimum atomic E-state index is 0.779. The van der Waals surface area contributed by atoms with Gasteiger partial charge in [0.05, 0.1) is 6.61 Å². The van der Waals surface area contributed by atoms with E-state index in [-0.39, 0.29) is 0 Å². The van der Waals surface area contributed by atoms with Gasteiger partial charge in [0.25, 0.3) is 0 Å². The summed E-state index contributed by atoms with van der Waals surface area (Å²) in [4.78, 5) is 2.27. The fraction of sp³-hybridized carbons (Fsp3) is 0.857. The summed E-state index contributed by atoms with van der Waals surface area (Å²) < 4.78 is 0. The molecule has 1 radical (unpaired) electrons. The highest BCUT2D eigenvalue weighted by Gasteiger charge is 1.95. The number of aliphatic hydroxyl groups is 1. The van der Waals surface area contributed by atoms with Gasteiger partial charge in [-0.05, 0) is 19.5 Å². The molecule has 0 aromatic carbocycles. The van der Waals surface area contributed by atoms with Crippen LogP contribution in [-0.4, -0.2) is 29.6 Å². The quantitative estimate of drug-likeness (QED) is 0.605. The third kappa shape index (κ3) is 4.43. The van der Waals surface area contributed by atoms with E-state index < -0.39 is 0 Å². The van der Waals surface area contributed by atoms with Gasteiger partial charge in [-0.3, -0.25) is 0 Å². The zero-order valence-electron chi connectivity index (χ0n) is 6.30. The van der Waals surface area contributed by atoms with E-state index in [1.54, 1.807) is 0 Å². The van der Waals surface area contributed by atoms with Crippen LogP contribution >= 0.6 is 0 Å². The van der Waals surface area contributed by atoms with Crippen LogP contribution in [0.2, 0.25) is 0 Å². The van der Waals surface area contributed by atoms with Crippen molar-refractivity contribution in [2.24, 2.45) is 0 Å². The van der Waals surface area contributed by atoms with Crippen LogP contribution in [0.5, 0.6) is 0 Å². The molecule has 0 heterocycles. The molecule has 1 N–H and O–H groups in total. The lowest BCUT2D eigenvalue weighted by atomic mass is 10.4. The van der Waals surface area contributed by atoms with Crippen LogP contribution in [0.15, 0.2) is 0 Å². The minimum absolute atomic E-state index is 0.779. The van der Waals surface area contributed by atoms with Crippen LogP contribution in [0.25, 0.3) is 0 Å². The molecule has 0 bridgehead atoms. The van der Waals surface area contributed by atoms with Crippen molar-refractivity contribution in [3.05, 3.63) is 6.61 Å². The number of rotatable bonds is 5. The Hall–Kier alpha value is -0.0800. The fourth-order valence-electron chi connectivity index (χ4n) is 0.780. The highest BCUT2D eigenvalue weighted by molar-refractivity contribution is 4.55. The molecule has 2 nitrogen and oxygen atoms in total. The molecule has 0 saturated heterocycles. The molecule has 0 aliphatic heterocycles. The molecule has 0 rings (SSSR count). The van der Waals surface area contributed by atoms with Crippen molar-refractivity contribution in [2.45, 2.75) is 20.3 Å². The standard InChI is InChI=1S/C7H16NO/c1-3-8(4-2)6-5-7-9/h7,9H,3-6H2,1-2H3. The summed E-state index contributed by atoms with van der Waals surface area (Å²) in [6.07, 6.45) is 0.779. The topological polar surface area (TPSA) is 23.5 Å². The zero-order chi connectivity index (χ0) is 7.11. The molecule has 0 unspecified atom stereocenters. The molecule has 0 atom stereocenters. The van der Waals surface area contributed by atoms with Gasteiger partial charge in [0.15, 0.2) is 0 Å². The van der Waals surface area contributed by atoms with Crippen LogP contribution in [0.4, 0.5) is 0 Å². The van der Waals surface area contributed by atoms with Gasteiger partial charge < -0.3 is 10.0 Å². The molecule has 0 aromatic rings. The first kappa shape index (κ1) is 8.92. The van der Waals surface area contributed by atoms with Gasteiger partial charge >= 0.3 is 0 Å². The summed E-state index contributed by atoms with van der Waals surface area (Å²) in [6.45, 7) is 8.60. The third-order valence-electron chi connectivity index (χ3n) is 1.47. The highest BCUT2D eigenvalue weighted by atomic mass is 16.3. The summed E-state index contributed by atoms with van der Waals surface area (Å²) >= 11 is 0. The van der Waals surface area contributed by atoms with Gasteiger partial charge in [0, 0.05) is 6.54 Å². The largest absolute Gasteiger partial charge is 0.390 e. The molecular weight excluding hydrogens is 114 g/mol. The number of hydrogen-bond acceptors (Lipinski definition) is 2. The highest BCUT2D eigenvalue weighted by Crippen LogP contribution is 1.90. The molecule has 55 valence electrons. The van der Waals surface area contributed by atoms with E-state index in [2.05, 4.69) is 18.7 Å². The molecule has 0 amide bonds. The van der Waals surface area contributed by atoms with Crippen molar-refractivity contribution in [1.29, 1.82) is 0 Å². The Labute approximate surface area is 57.5 Å². The maximum atomic E-state index is 8.35. The second-order valence-electron chi connectivity index (χ2n) is 2.00. The lowest BCUT2D eigenvalue weighted by Gasteiger charge is -2.16. The summed E-state index contributed by atoms with van der Waals surface area (Å²) in [5, 5.41) is 8.35. The molecule has 0 fully saturated rings. The molecule has 9 heavy (non-hydrogen) atoms. The molecule has 0 aromatic heterocycles. The van der Waals surface area contributed by atoms with Crippen LogP contribution < -0.4 is 0 Å². The molecule has 0 spiro atoms. The summed E-state index contributed by atoms with van der Waals surface area (Å²) in [7, 11) is 0. The number of hydrogen-bond donors (Lipinski definition) is 1. The molecular formula is C7H16NO. The van der Waals surface area contributed by atoms with Gasteiger partial charge in [-0.25, -0.2) is 0 Å². The first-order valence-electron chi connectivity index (χ1n) is 3.53. The minimum Gasteiger partial charge on any atom is -0.390 e. The van der Waals surface area contributed by atoms with Gasteiger partial charge in [0.2, 0.25) is 0 Å². The van der Waals surface area contributed by atoms with Crippen molar-refractivity contribution >= 4 is 0 Å². The Morgan fingerprint density at radius 2 is 1.89 bits per heavy atom. The monoisotopic (exact) mass is 130 g/mol. The Morgan fingerprint density at radius 3 is 2.22 bits per heavy atom. The van der Waals surface area contributed by atoms with Gasteiger partial charge in [0.1, 0.15) is 0 Å². The summed E-state index contributed by atoms with van der Waals surface area (Å²) in [5.41, 5.74) is 0.